The summed E-state index contributed by atoms with van der Waals surface area (Å²) in [6.45, 7) is 17.0. The van der Waals surface area contributed by atoms with E-state index in [1.807, 2.05) is 41.5 Å². The number of hydrogen-bond donors (Lipinski definition) is 7. The van der Waals surface area contributed by atoms with Gasteiger partial charge in [0, 0.05) is 34.4 Å². The molecule has 16 nitrogen and oxygen atoms in total. The molecule has 80 heavy (non-hydrogen) atoms. The second-order valence-corrected chi connectivity index (χ2v) is 22.5. The van der Waals surface area contributed by atoms with Crippen LogP contribution in [0.25, 0.3) is 0 Å². The molecule has 0 saturated carbocycles. The maximum Gasteiger partial charge on any atom is 0.407 e. The van der Waals surface area contributed by atoms with E-state index < -0.39 is 87.3 Å². The highest BCUT2D eigenvalue weighted by Gasteiger charge is 2.82. The van der Waals surface area contributed by atoms with Crippen molar-refractivity contribution in [1.82, 2.24) is 5.32 Å². The molecule has 4 bridgehead atoms. The number of benzene rings is 4. The number of ether oxygens (including phenoxy) is 4. The Morgan fingerprint density at radius 3 is 1.62 bits per heavy atom. The zero-order valence-corrected chi connectivity index (χ0v) is 45.6. The van der Waals surface area contributed by atoms with Gasteiger partial charge in [-0.05, 0) is 117 Å². The monoisotopic (exact) mass is 1080 g/mol. The smallest absolute Gasteiger partial charge is 0.407 e. The van der Waals surface area contributed by atoms with Crippen LogP contribution in [-0.4, -0.2) is 97.9 Å². The number of alkyl carbamates (subject to hydrolysis) is 1. The highest BCUT2D eigenvalue weighted by molar-refractivity contribution is 6.33. The normalized spacial score (nSPS) is 27.6. The van der Waals surface area contributed by atoms with Gasteiger partial charge in [-0.1, -0.05) is 88.0 Å². The van der Waals surface area contributed by atoms with Gasteiger partial charge in [-0.25, -0.2) is 4.79 Å². The van der Waals surface area contributed by atoms with Crippen molar-refractivity contribution in [3.8, 4) is 64.6 Å². The van der Waals surface area contributed by atoms with Crippen molar-refractivity contribution in [1.29, 1.82) is 0 Å². The number of aryl methyl sites for hydroxylation is 1. The first-order valence-corrected chi connectivity index (χ1v) is 26.4. The lowest BCUT2D eigenvalue weighted by Crippen LogP contribution is -2.52. The molecule has 1 amide bonds. The molecule has 0 aromatic heterocycles. The second-order valence-electron chi connectivity index (χ2n) is 22.5. The summed E-state index contributed by atoms with van der Waals surface area (Å²) in [7, 11) is 1.47. The number of hydrogen-bond acceptors (Lipinski definition) is 15. The van der Waals surface area contributed by atoms with Gasteiger partial charge in [-0.2, -0.15) is 0 Å². The van der Waals surface area contributed by atoms with Crippen LogP contribution in [0.1, 0.15) is 147 Å². The largest absolute Gasteiger partial charge is 0.507 e. The first-order chi connectivity index (χ1) is 38.0. The van der Waals surface area contributed by atoms with Crippen molar-refractivity contribution < 1.29 is 63.3 Å². The summed E-state index contributed by atoms with van der Waals surface area (Å²) in [6.07, 6.45) is 3.69. The van der Waals surface area contributed by atoms with Crippen molar-refractivity contribution in [3.63, 3.8) is 0 Å². The lowest BCUT2D eigenvalue weighted by molar-refractivity contribution is 0.0523. The van der Waals surface area contributed by atoms with Crippen molar-refractivity contribution in [3.05, 3.63) is 133 Å². The number of fused-ring (bicyclic) bond motifs is 8. The zero-order chi connectivity index (χ0) is 57.3. The van der Waals surface area contributed by atoms with Crippen LogP contribution in [0.3, 0.4) is 0 Å². The number of nitrogens with one attached hydrogen (secondary N) is 3. The molecule has 0 spiro atoms. The van der Waals surface area contributed by atoms with Crippen molar-refractivity contribution >= 4 is 40.6 Å². The Morgan fingerprint density at radius 1 is 0.675 bits per heavy atom. The van der Waals surface area contributed by atoms with Crippen LogP contribution in [0.5, 0.6) is 17.2 Å². The number of phenolic OH excluding ortho intramolecular Hbond substituents is 2. The molecule has 16 heteroatoms. The fraction of sp³-hybridized carbons (Fsp3) is 0.359. The molecule has 2 saturated heterocycles. The molecule has 4 aliphatic carbocycles. The van der Waals surface area contributed by atoms with E-state index in [9.17, 15) is 44.4 Å². The van der Waals surface area contributed by atoms with Crippen LogP contribution < -0.4 is 20.7 Å². The van der Waals surface area contributed by atoms with Crippen molar-refractivity contribution in [2.24, 2.45) is 11.8 Å². The Bertz CT molecular complexity index is 3870. The van der Waals surface area contributed by atoms with Crippen molar-refractivity contribution in [2.45, 2.75) is 128 Å². The van der Waals surface area contributed by atoms with E-state index in [0.717, 1.165) is 11.1 Å². The summed E-state index contributed by atoms with van der Waals surface area (Å²) >= 11 is 0. The summed E-state index contributed by atoms with van der Waals surface area (Å²) in [5.74, 6) is 20.9. The number of aromatic hydroxyl groups is 2. The third kappa shape index (κ3) is 7.33. The minimum atomic E-state index is -1.38. The SMILES string of the molecule is CC(C)[C@@]12O[C@]13c1cc(O)c4c(c1N[C@H]2C#C/C=C\C#C[C@H]3O)C(=O)c1ccc(CNC(=O)OC(C)(C)C)cc1C4=O.CCc1c(C)cc2c(c1OC)C(=O)c1c(O)cc3c(c1C2=O)N[C@H]1C#C/C=C\C#C[C@@H](O)[C@@]32O[C@@]12C(C)C. The number of rotatable bonds is 6. The number of phenols is 2. The summed E-state index contributed by atoms with van der Waals surface area (Å²) < 4.78 is 23.8. The molecule has 0 radical (unpaired) electrons. The Morgan fingerprint density at radius 2 is 1.15 bits per heavy atom. The Kier molecular flexibility index (Phi) is 12.3. The van der Waals surface area contributed by atoms with Crippen LogP contribution >= 0.6 is 0 Å². The predicted octanol–water partition coefficient (Wildman–Crippen LogP) is 6.94. The van der Waals surface area contributed by atoms with E-state index in [4.69, 9.17) is 18.9 Å². The third-order valence-electron chi connectivity index (χ3n) is 16.4. The minimum absolute atomic E-state index is 0.00563. The molecule has 4 aliphatic heterocycles. The molecule has 8 aliphatic rings. The van der Waals surface area contributed by atoms with Crippen LogP contribution in [0.15, 0.2) is 60.7 Å². The fourth-order valence-corrected chi connectivity index (χ4v) is 13.0. The number of carbonyl (C=O) groups is 5. The van der Waals surface area contributed by atoms with Gasteiger partial charge in [0.1, 0.15) is 46.1 Å². The topological polar surface area (TPSA) is 246 Å². The summed E-state index contributed by atoms with van der Waals surface area (Å²) in [6, 6.07) is 7.95. The Hall–Kier alpha value is -8.61. The number of amides is 1. The second kappa shape index (κ2) is 18.5. The number of aliphatic hydroxyl groups excluding tert-OH is 2. The van der Waals surface area contributed by atoms with Gasteiger partial charge in [0.2, 0.25) is 5.78 Å². The highest BCUT2D eigenvalue weighted by Crippen LogP contribution is 2.70. The molecule has 4 heterocycles. The van der Waals surface area contributed by atoms with E-state index in [-0.39, 0.29) is 74.3 Å². The molecular formula is C64H57N3O13. The maximum atomic E-state index is 14.2. The summed E-state index contributed by atoms with van der Waals surface area (Å²) in [5, 5.41) is 54.6. The number of epoxide rings is 2. The van der Waals surface area contributed by atoms with Gasteiger partial charge in [-0.3, -0.25) is 19.2 Å². The Labute approximate surface area is 462 Å². The van der Waals surface area contributed by atoms with E-state index in [2.05, 4.69) is 63.3 Å². The van der Waals surface area contributed by atoms with Gasteiger partial charge in [0.05, 0.1) is 46.3 Å². The number of ketones is 4. The average Bonchev–Trinajstić information content (AvgIpc) is 4.41. The summed E-state index contributed by atoms with van der Waals surface area (Å²) in [4.78, 5) is 68.1. The number of methoxy groups -OCH3 is 1. The quantitative estimate of drug-likeness (QED) is 0.0507. The zero-order valence-electron chi connectivity index (χ0n) is 45.6. The van der Waals surface area contributed by atoms with E-state index >= 15 is 0 Å². The lowest BCUT2D eigenvalue weighted by Gasteiger charge is -2.38. The molecule has 0 unspecified atom stereocenters. The number of anilines is 2. The first-order valence-electron chi connectivity index (χ1n) is 26.4. The molecule has 7 N–H and O–H groups in total. The van der Waals surface area contributed by atoms with E-state index in [0.29, 0.717) is 34.5 Å². The number of allylic oxidation sites excluding steroid dienone is 4. The molecule has 4 aromatic rings. The number of aliphatic hydroxyl groups is 2. The van der Waals surface area contributed by atoms with Crippen LogP contribution in [0, 0.1) is 66.1 Å². The van der Waals surface area contributed by atoms with Gasteiger partial charge >= 0.3 is 6.09 Å². The van der Waals surface area contributed by atoms with Crippen LogP contribution in [-0.2, 0) is 38.4 Å². The predicted molar refractivity (Wildman–Crippen MR) is 293 cm³/mol. The maximum absolute atomic E-state index is 14.2. The highest BCUT2D eigenvalue weighted by atomic mass is 16.7. The molecule has 2 fully saturated rings. The minimum Gasteiger partial charge on any atom is -0.507 e. The average molecular weight is 1080 g/mol. The van der Waals surface area contributed by atoms with E-state index in [1.165, 1.54) is 37.5 Å². The van der Waals surface area contributed by atoms with Gasteiger partial charge in [0.15, 0.2) is 40.8 Å². The lowest BCUT2D eigenvalue weighted by atomic mass is 9.67. The van der Waals surface area contributed by atoms with Crippen LogP contribution in [0.4, 0.5) is 16.2 Å². The van der Waals surface area contributed by atoms with Crippen molar-refractivity contribution in [2.75, 3.05) is 17.7 Å². The molecule has 12 rings (SSSR count). The van der Waals surface area contributed by atoms with Crippen LogP contribution in [0.2, 0.25) is 0 Å². The van der Waals surface area contributed by atoms with Gasteiger partial charge in [-0.15, -0.1) is 0 Å². The summed E-state index contributed by atoms with van der Waals surface area (Å²) in [5.41, 5.74) is -1.41. The van der Waals surface area contributed by atoms with Gasteiger partial charge < -0.3 is 55.3 Å². The third-order valence-corrected chi connectivity index (χ3v) is 16.4. The Balaban J connectivity index is 0.000000170. The number of carbonyl (C=O) groups excluding carboxylic acids is 5. The molecule has 406 valence electrons. The standard InChI is InChI=1S/C33H30N2O7.C31H27NO6/c1-17(2)32-23-10-8-6-7-9-11-24(37)33(32,42-32)21-15-22(36)25-26(27(21)35-23)28(38)19-13-12-18(14-20(19)29(25)39)16-34-30(40)41-31(3,4)5;1-6-17-16(4)13-18-23(29(17)37-5)28(36)24-20(33)14-19-26(25(24)27(18)35)32-21-11-9-7-8-10-12-22(34)31(19)30(21,38-31)15(2)3/h6-7,12-15,17,23-24,35-37H,16H2,1-5H3,(H,34,40);7-8,13-15,21-22,32-34H,6H2,1-5H3/b7-6-;8-7-/t23-,24+,32-,33-;21-,22+,30-,31-/m00/s1. The molecular weight excluding hydrogens is 1020 g/mol. The fourth-order valence-electron chi connectivity index (χ4n) is 13.0. The first kappa shape index (κ1) is 53.4. The molecule has 8 atom stereocenters. The van der Waals surface area contributed by atoms with Gasteiger partial charge in [0.25, 0.3) is 0 Å². The van der Waals surface area contributed by atoms with E-state index in [1.54, 1.807) is 51.1 Å². The molecule has 4 aromatic carbocycles.